The third-order valence-electron chi connectivity index (χ3n) is 4.80. The van der Waals surface area contributed by atoms with E-state index < -0.39 is 0 Å². The van der Waals surface area contributed by atoms with Crippen molar-refractivity contribution in [1.29, 1.82) is 0 Å². The van der Waals surface area contributed by atoms with Crippen LogP contribution in [0.1, 0.15) is 17.0 Å². The van der Waals surface area contributed by atoms with Crippen molar-refractivity contribution in [3.63, 3.8) is 0 Å². The van der Waals surface area contributed by atoms with E-state index in [1.165, 1.54) is 27.4 Å². The van der Waals surface area contributed by atoms with Gasteiger partial charge in [0, 0.05) is 16.5 Å². The number of fused-ring (bicyclic) bond motifs is 1. The molecule has 2 aromatic heterocycles. The number of benzene rings is 2. The number of thiophene rings is 1. The third-order valence-corrected chi connectivity index (χ3v) is 5.67. The van der Waals surface area contributed by atoms with Gasteiger partial charge in [-0.15, -0.1) is 11.3 Å². The highest BCUT2D eigenvalue weighted by Crippen LogP contribution is 2.30. The minimum absolute atomic E-state index is 0.0567. The summed E-state index contributed by atoms with van der Waals surface area (Å²) in [7, 11) is 2.13. The molecule has 0 saturated heterocycles. The predicted octanol–water partition coefficient (Wildman–Crippen LogP) is 3.17. The van der Waals surface area contributed by atoms with Crippen molar-refractivity contribution >= 4 is 21.6 Å². The summed E-state index contributed by atoms with van der Waals surface area (Å²) in [5.41, 5.74) is 4.56. The molecular weight excluding hydrogens is 354 g/mol. The maximum Gasteiger partial charge on any atom is 0.260 e. The van der Waals surface area contributed by atoms with Crippen LogP contribution in [0.5, 0.6) is 0 Å². The zero-order chi connectivity index (χ0) is 18.8. The molecule has 0 spiro atoms. The molecular formula is C22H22N3OS+. The van der Waals surface area contributed by atoms with Gasteiger partial charge >= 0.3 is 0 Å². The molecule has 0 amide bonds. The highest BCUT2D eigenvalue weighted by Gasteiger charge is 2.15. The molecule has 1 atom stereocenters. The Morgan fingerprint density at radius 2 is 1.78 bits per heavy atom. The Bertz CT molecular complexity index is 1130. The van der Waals surface area contributed by atoms with Crippen molar-refractivity contribution in [3.8, 4) is 11.1 Å². The van der Waals surface area contributed by atoms with Gasteiger partial charge in [-0.2, -0.15) is 0 Å². The normalized spacial score (nSPS) is 12.4. The first kappa shape index (κ1) is 17.6. The molecule has 5 heteroatoms. The first-order valence-corrected chi connectivity index (χ1v) is 9.91. The highest BCUT2D eigenvalue weighted by molar-refractivity contribution is 7.17. The van der Waals surface area contributed by atoms with Crippen LogP contribution in [0.2, 0.25) is 0 Å². The van der Waals surface area contributed by atoms with Crippen molar-refractivity contribution in [2.75, 3.05) is 7.05 Å². The van der Waals surface area contributed by atoms with Gasteiger partial charge in [-0.05, 0) is 18.1 Å². The third kappa shape index (κ3) is 3.70. The molecule has 2 N–H and O–H groups in total. The number of nitrogens with zero attached hydrogens (tertiary/aromatic N) is 1. The molecule has 2 heterocycles. The van der Waals surface area contributed by atoms with E-state index in [0.717, 1.165) is 28.3 Å². The second-order valence-electron chi connectivity index (χ2n) is 6.95. The monoisotopic (exact) mass is 376 g/mol. The Balaban J connectivity index is 1.61. The molecule has 0 fully saturated rings. The lowest BCUT2D eigenvalue weighted by Gasteiger charge is -2.14. The summed E-state index contributed by atoms with van der Waals surface area (Å²) >= 11 is 1.53. The second-order valence-corrected chi connectivity index (χ2v) is 7.80. The topological polar surface area (TPSA) is 50.2 Å². The lowest BCUT2D eigenvalue weighted by atomic mass is 10.1. The van der Waals surface area contributed by atoms with Crippen LogP contribution < -0.4 is 10.5 Å². The lowest BCUT2D eigenvalue weighted by Crippen LogP contribution is -3.06. The molecule has 2 aromatic carbocycles. The first-order valence-electron chi connectivity index (χ1n) is 9.03. The van der Waals surface area contributed by atoms with Gasteiger partial charge in [0.1, 0.15) is 17.9 Å². The van der Waals surface area contributed by atoms with Crippen LogP contribution in [0.15, 0.2) is 64.8 Å². The molecule has 4 aromatic rings. The maximum absolute atomic E-state index is 12.8. The molecule has 27 heavy (non-hydrogen) atoms. The van der Waals surface area contributed by atoms with Crippen LogP contribution in [0.4, 0.5) is 0 Å². The summed E-state index contributed by atoms with van der Waals surface area (Å²) in [5, 5.41) is 2.71. The van der Waals surface area contributed by atoms with Crippen molar-refractivity contribution < 1.29 is 4.90 Å². The smallest absolute Gasteiger partial charge is 0.260 e. The minimum Gasteiger partial charge on any atom is -0.327 e. The summed E-state index contributed by atoms with van der Waals surface area (Å²) in [6, 6.07) is 18.4. The molecule has 0 aliphatic carbocycles. The van der Waals surface area contributed by atoms with Crippen molar-refractivity contribution in [2.45, 2.75) is 20.0 Å². The summed E-state index contributed by atoms with van der Waals surface area (Å²) in [4.78, 5) is 22.6. The van der Waals surface area contributed by atoms with Gasteiger partial charge in [-0.25, -0.2) is 4.98 Å². The zero-order valence-electron chi connectivity index (χ0n) is 15.5. The van der Waals surface area contributed by atoms with Crippen LogP contribution in [0, 0.1) is 6.92 Å². The molecule has 1 unspecified atom stereocenters. The minimum atomic E-state index is -0.0567. The number of rotatable bonds is 5. The van der Waals surface area contributed by atoms with Crippen molar-refractivity contribution in [1.82, 2.24) is 9.97 Å². The molecule has 0 aliphatic heterocycles. The molecule has 4 nitrogen and oxygen atoms in total. The van der Waals surface area contributed by atoms with Gasteiger partial charge in [-0.3, -0.25) is 4.79 Å². The largest absolute Gasteiger partial charge is 0.327 e. The quantitative estimate of drug-likeness (QED) is 0.562. The molecule has 0 radical (unpaired) electrons. The summed E-state index contributed by atoms with van der Waals surface area (Å²) in [6.07, 6.45) is 0. The fraction of sp³-hybridized carbons (Fsp3) is 0.182. The molecule has 4 rings (SSSR count). The van der Waals surface area contributed by atoms with Crippen LogP contribution in [-0.4, -0.2) is 17.0 Å². The van der Waals surface area contributed by atoms with Gasteiger partial charge in [0.2, 0.25) is 0 Å². The summed E-state index contributed by atoms with van der Waals surface area (Å²) in [5.74, 6) is 0.736. The van der Waals surface area contributed by atoms with E-state index in [4.69, 9.17) is 4.98 Å². The lowest BCUT2D eigenvalue weighted by molar-refractivity contribution is -0.908. The standard InChI is InChI=1S/C22H21N3OS/c1-15-8-6-7-11-17(15)12-25(2)13-19-23-21(26)20-18(14-27-22(20)24-19)16-9-4-3-5-10-16/h3-11,14H,12-13H2,1-2H3,(H,23,24,26)/p+1. The molecule has 136 valence electrons. The second kappa shape index (κ2) is 7.47. The van der Waals surface area contributed by atoms with Crippen LogP contribution in [-0.2, 0) is 13.1 Å². The number of hydrogen-bond acceptors (Lipinski definition) is 3. The van der Waals surface area contributed by atoms with Gasteiger partial charge in [0.05, 0.1) is 12.4 Å². The Hall–Kier alpha value is -2.76. The van der Waals surface area contributed by atoms with Gasteiger partial charge in [-0.1, -0.05) is 54.6 Å². The van der Waals surface area contributed by atoms with E-state index >= 15 is 0 Å². The van der Waals surface area contributed by atoms with E-state index in [9.17, 15) is 4.79 Å². The number of aryl methyl sites for hydroxylation is 1. The van der Waals surface area contributed by atoms with Crippen molar-refractivity contribution in [2.24, 2.45) is 0 Å². The van der Waals surface area contributed by atoms with Crippen LogP contribution in [0.3, 0.4) is 0 Å². The van der Waals surface area contributed by atoms with Gasteiger partial charge < -0.3 is 9.88 Å². The predicted molar refractivity (Wildman–Crippen MR) is 111 cm³/mol. The van der Waals surface area contributed by atoms with Crippen LogP contribution in [0.25, 0.3) is 21.3 Å². The van der Waals surface area contributed by atoms with E-state index in [2.05, 4.69) is 43.2 Å². The number of hydrogen-bond donors (Lipinski definition) is 2. The number of nitrogens with one attached hydrogen (secondary N) is 2. The molecule has 0 aliphatic rings. The Morgan fingerprint density at radius 1 is 1.04 bits per heavy atom. The van der Waals surface area contributed by atoms with E-state index in [-0.39, 0.29) is 5.56 Å². The van der Waals surface area contributed by atoms with Crippen LogP contribution >= 0.6 is 11.3 Å². The SMILES string of the molecule is Cc1ccccc1C[NH+](C)Cc1nc2scc(-c3ccccc3)c2c(=O)[nH]1. The number of H-pyrrole nitrogens is 1. The van der Waals surface area contributed by atoms with E-state index in [0.29, 0.717) is 11.9 Å². The average molecular weight is 377 g/mol. The Morgan fingerprint density at radius 3 is 2.56 bits per heavy atom. The zero-order valence-corrected chi connectivity index (χ0v) is 16.3. The maximum atomic E-state index is 12.8. The summed E-state index contributed by atoms with van der Waals surface area (Å²) in [6.45, 7) is 3.71. The van der Waals surface area contributed by atoms with E-state index in [1.807, 2.05) is 35.7 Å². The van der Waals surface area contributed by atoms with Crippen molar-refractivity contribution in [3.05, 3.63) is 87.3 Å². The van der Waals surface area contributed by atoms with E-state index in [1.54, 1.807) is 0 Å². The average Bonchev–Trinajstić information content (AvgIpc) is 3.09. The Kier molecular flexibility index (Phi) is 4.88. The highest BCUT2D eigenvalue weighted by atomic mass is 32.1. The number of quaternary nitrogens is 1. The number of aromatic nitrogens is 2. The summed E-state index contributed by atoms with van der Waals surface area (Å²) < 4.78 is 0. The fourth-order valence-electron chi connectivity index (χ4n) is 3.39. The van der Waals surface area contributed by atoms with Gasteiger partial charge in [0.15, 0.2) is 5.82 Å². The first-order chi connectivity index (χ1) is 13.1. The molecule has 0 saturated carbocycles. The molecule has 0 bridgehead atoms. The van der Waals surface area contributed by atoms with Gasteiger partial charge in [0.25, 0.3) is 5.56 Å². The number of aromatic amines is 1. The fourth-order valence-corrected chi connectivity index (χ4v) is 4.36. The Labute approximate surface area is 162 Å².